The number of fused-ring (bicyclic) bond motifs is 3. The van der Waals surface area contributed by atoms with Crippen molar-refractivity contribution in [3.8, 4) is 11.1 Å². The summed E-state index contributed by atoms with van der Waals surface area (Å²) in [5.74, 6) is 0. The molecule has 0 atom stereocenters. The van der Waals surface area contributed by atoms with Crippen molar-refractivity contribution in [3.05, 3.63) is 59.7 Å². The van der Waals surface area contributed by atoms with Crippen molar-refractivity contribution < 1.29 is 0 Å². The largest absolute Gasteiger partial charge is 0.0619 e. The molecule has 0 amide bonds. The quantitative estimate of drug-likeness (QED) is 0.483. The van der Waals surface area contributed by atoms with Gasteiger partial charge in [0.15, 0.2) is 0 Å². The summed E-state index contributed by atoms with van der Waals surface area (Å²) >= 11 is 0. The van der Waals surface area contributed by atoms with Crippen LogP contribution in [-0.4, -0.2) is 11.0 Å². The second kappa shape index (κ2) is 3.43. The van der Waals surface area contributed by atoms with Crippen LogP contribution in [0.25, 0.3) is 11.1 Å². The average Bonchev–Trinajstić information content (AvgIpc) is 2.56. The Bertz CT molecular complexity index is 417. The van der Waals surface area contributed by atoms with E-state index in [4.69, 9.17) is 0 Å². The maximum Gasteiger partial charge on any atom is -0.00135 e. The fourth-order valence-electron chi connectivity index (χ4n) is 2.08. The van der Waals surface area contributed by atoms with Gasteiger partial charge in [0.2, 0.25) is 0 Å². The van der Waals surface area contributed by atoms with Gasteiger partial charge in [0.25, 0.3) is 0 Å². The molecule has 0 bridgehead atoms. The van der Waals surface area contributed by atoms with E-state index in [1.165, 1.54) is 22.3 Å². The van der Waals surface area contributed by atoms with Gasteiger partial charge >= 0.3 is 0 Å². The van der Waals surface area contributed by atoms with Gasteiger partial charge in [0.05, 0.1) is 0 Å². The maximum absolute atomic E-state index is 2.22. The van der Waals surface area contributed by atoms with Gasteiger partial charge in [-0.25, -0.2) is 0 Å². The molecule has 0 nitrogen and oxygen atoms in total. The minimum absolute atomic E-state index is 0. The van der Waals surface area contributed by atoms with E-state index in [-0.39, 0.29) is 11.0 Å². The first-order valence-electron chi connectivity index (χ1n) is 4.61. The molecule has 1 aliphatic carbocycles. The van der Waals surface area contributed by atoms with Gasteiger partial charge in [0.1, 0.15) is 0 Å². The van der Waals surface area contributed by atoms with Crippen LogP contribution < -0.4 is 0 Å². The van der Waals surface area contributed by atoms with E-state index < -0.39 is 0 Å². The molecule has 3 rings (SSSR count). The van der Waals surface area contributed by atoms with Gasteiger partial charge in [-0.3, -0.25) is 0 Å². The molecule has 0 N–H and O–H groups in total. The van der Waals surface area contributed by atoms with Crippen molar-refractivity contribution in [2.24, 2.45) is 0 Å². The molecule has 1 heteroatoms. The lowest BCUT2D eigenvalue weighted by atomic mass is 10.1. The second-order valence-electron chi connectivity index (χ2n) is 3.49. The third-order valence-electron chi connectivity index (χ3n) is 2.71. The van der Waals surface area contributed by atoms with E-state index >= 15 is 0 Å². The molecule has 0 saturated heterocycles. The number of hydrogen-bond acceptors (Lipinski definition) is 0. The molecule has 14 heavy (non-hydrogen) atoms. The van der Waals surface area contributed by atoms with Crippen molar-refractivity contribution in [2.75, 3.05) is 0 Å². The highest BCUT2D eigenvalue weighted by atomic mass is 28.1. The number of benzene rings is 2. The SMILES string of the molecule is [SiH4].c1ccc2c(c1)Cc1ccccc1-2. The highest BCUT2D eigenvalue weighted by molar-refractivity contribution is 5.76. The van der Waals surface area contributed by atoms with Gasteiger partial charge < -0.3 is 0 Å². The minimum atomic E-state index is 0. The molecule has 0 spiro atoms. The third-order valence-corrected chi connectivity index (χ3v) is 2.71. The van der Waals surface area contributed by atoms with Crippen LogP contribution in [0, 0.1) is 0 Å². The van der Waals surface area contributed by atoms with Gasteiger partial charge in [0, 0.05) is 0 Å². The van der Waals surface area contributed by atoms with Crippen LogP contribution in [0.4, 0.5) is 0 Å². The summed E-state index contributed by atoms with van der Waals surface area (Å²) in [6, 6.07) is 17.3. The molecule has 0 fully saturated rings. The summed E-state index contributed by atoms with van der Waals surface area (Å²) < 4.78 is 0. The average molecular weight is 198 g/mol. The van der Waals surface area contributed by atoms with Crippen molar-refractivity contribution in [2.45, 2.75) is 6.42 Å². The van der Waals surface area contributed by atoms with Crippen LogP contribution in [0.15, 0.2) is 48.5 Å². The molecule has 2 aromatic rings. The van der Waals surface area contributed by atoms with E-state index in [1.807, 2.05) is 0 Å². The molecule has 0 aliphatic heterocycles. The van der Waals surface area contributed by atoms with Gasteiger partial charge in [-0.1, -0.05) is 48.5 Å². The van der Waals surface area contributed by atoms with Crippen LogP contribution >= 0.6 is 0 Å². The minimum Gasteiger partial charge on any atom is -0.0619 e. The molecule has 0 radical (unpaired) electrons. The summed E-state index contributed by atoms with van der Waals surface area (Å²) in [6.45, 7) is 0. The Balaban J connectivity index is 0.000000750. The van der Waals surface area contributed by atoms with E-state index in [0.29, 0.717) is 0 Å². The first kappa shape index (κ1) is 9.22. The molecule has 0 heterocycles. The third kappa shape index (κ3) is 1.21. The molecule has 1 aliphatic rings. The Hall–Kier alpha value is -1.34. The molecule has 70 valence electrons. The zero-order chi connectivity index (χ0) is 8.67. The number of rotatable bonds is 0. The van der Waals surface area contributed by atoms with Crippen LogP contribution in [0.3, 0.4) is 0 Å². The van der Waals surface area contributed by atoms with E-state index in [9.17, 15) is 0 Å². The van der Waals surface area contributed by atoms with Crippen molar-refractivity contribution >= 4 is 11.0 Å². The zero-order valence-corrected chi connectivity index (χ0v) is 7.33. The van der Waals surface area contributed by atoms with E-state index in [0.717, 1.165) is 6.42 Å². The van der Waals surface area contributed by atoms with Crippen molar-refractivity contribution in [3.63, 3.8) is 0 Å². The molecular weight excluding hydrogens is 184 g/mol. The topological polar surface area (TPSA) is 0 Å². The lowest BCUT2D eigenvalue weighted by Crippen LogP contribution is -1.77. The normalized spacial score (nSPS) is 11.4. The Morgan fingerprint density at radius 3 is 1.57 bits per heavy atom. The Labute approximate surface area is 88.6 Å². The molecule has 0 aromatic heterocycles. The van der Waals surface area contributed by atoms with Gasteiger partial charge in [-0.2, -0.15) is 0 Å². The van der Waals surface area contributed by atoms with Gasteiger partial charge in [-0.05, 0) is 39.6 Å². The Morgan fingerprint density at radius 1 is 0.643 bits per heavy atom. The summed E-state index contributed by atoms with van der Waals surface area (Å²) in [4.78, 5) is 0. The first-order chi connectivity index (χ1) is 6.45. The van der Waals surface area contributed by atoms with Crippen LogP contribution in [0.2, 0.25) is 0 Å². The molecule has 2 aromatic carbocycles. The molecule has 0 unspecified atom stereocenters. The first-order valence-corrected chi connectivity index (χ1v) is 4.61. The van der Waals surface area contributed by atoms with Crippen molar-refractivity contribution in [1.29, 1.82) is 0 Å². The zero-order valence-electron chi connectivity index (χ0n) is 7.33. The lowest BCUT2D eigenvalue weighted by Gasteiger charge is -1.98. The fraction of sp³-hybridized carbons (Fsp3) is 0.0769. The van der Waals surface area contributed by atoms with Crippen molar-refractivity contribution in [1.82, 2.24) is 0 Å². The summed E-state index contributed by atoms with van der Waals surface area (Å²) in [7, 11) is 0. The fourth-order valence-corrected chi connectivity index (χ4v) is 2.08. The second-order valence-corrected chi connectivity index (χ2v) is 3.49. The summed E-state index contributed by atoms with van der Waals surface area (Å²) in [5, 5.41) is 0. The smallest absolute Gasteiger partial charge is 0.00135 e. The predicted octanol–water partition coefficient (Wildman–Crippen LogP) is 1.81. The Kier molecular flexibility index (Phi) is 2.26. The highest BCUT2D eigenvalue weighted by Gasteiger charge is 2.15. The monoisotopic (exact) mass is 198 g/mol. The number of hydrogen-bond donors (Lipinski definition) is 0. The lowest BCUT2D eigenvalue weighted by molar-refractivity contribution is 1.26. The molecular formula is C13H14Si. The summed E-state index contributed by atoms with van der Waals surface area (Å²) in [5.41, 5.74) is 5.75. The summed E-state index contributed by atoms with van der Waals surface area (Å²) in [6.07, 6.45) is 1.10. The van der Waals surface area contributed by atoms with Crippen LogP contribution in [-0.2, 0) is 6.42 Å². The van der Waals surface area contributed by atoms with Gasteiger partial charge in [-0.15, -0.1) is 0 Å². The highest BCUT2D eigenvalue weighted by Crippen LogP contribution is 2.35. The maximum atomic E-state index is 2.22. The molecule has 0 saturated carbocycles. The Morgan fingerprint density at radius 2 is 1.07 bits per heavy atom. The standard InChI is InChI=1S/C13H10.H4Si/c1-3-7-12-10(5-1)9-11-6-2-4-8-13(11)12;/h1-8H,9H2;1H4. The predicted molar refractivity (Wildman–Crippen MR) is 66.0 cm³/mol. The van der Waals surface area contributed by atoms with E-state index in [1.54, 1.807) is 0 Å². The van der Waals surface area contributed by atoms with Crippen LogP contribution in [0.1, 0.15) is 11.1 Å². The van der Waals surface area contributed by atoms with Crippen LogP contribution in [0.5, 0.6) is 0 Å². The van der Waals surface area contributed by atoms with E-state index in [2.05, 4.69) is 48.5 Å².